The van der Waals surface area contributed by atoms with Gasteiger partial charge in [0.2, 0.25) is 11.8 Å². The molecular weight excluding hydrogens is 322 g/mol. The van der Waals surface area contributed by atoms with Gasteiger partial charge in [0.1, 0.15) is 5.00 Å². The minimum atomic E-state index is -0.492. The molecule has 0 unspecified atom stereocenters. The fourth-order valence-electron chi connectivity index (χ4n) is 1.49. The van der Waals surface area contributed by atoms with Crippen LogP contribution in [0.5, 0.6) is 0 Å². The zero-order valence-electron chi connectivity index (χ0n) is 11.6. The van der Waals surface area contributed by atoms with Crippen LogP contribution < -0.4 is 16.2 Å². The van der Waals surface area contributed by atoms with E-state index in [1.165, 1.54) is 35.7 Å². The Kier molecular flexibility index (Phi) is 5.45. The second-order valence-electron chi connectivity index (χ2n) is 4.14. The lowest BCUT2D eigenvalue weighted by atomic mass is 10.3. The Labute approximate surface area is 134 Å². The Morgan fingerprint density at radius 3 is 2.59 bits per heavy atom. The molecule has 0 saturated carbocycles. The monoisotopic (exact) mass is 335 g/mol. The summed E-state index contributed by atoms with van der Waals surface area (Å²) in [5.74, 6) is -1.20. The number of rotatable bonds is 4. The molecule has 0 fully saturated rings. The van der Waals surface area contributed by atoms with Gasteiger partial charge in [-0.15, -0.1) is 22.7 Å². The number of hydrogen-bond acceptors (Lipinski definition) is 5. The first-order chi connectivity index (χ1) is 10.6. The van der Waals surface area contributed by atoms with Crippen LogP contribution in [0.4, 0.5) is 5.00 Å². The Bertz CT molecular complexity index is 705. The Hall–Kier alpha value is -2.45. The third-order valence-corrected chi connectivity index (χ3v) is 4.11. The average molecular weight is 335 g/mol. The summed E-state index contributed by atoms with van der Waals surface area (Å²) in [5, 5.41) is 6.67. The van der Waals surface area contributed by atoms with E-state index in [1.54, 1.807) is 17.5 Å². The molecule has 6 nitrogen and oxygen atoms in total. The fraction of sp³-hybridized carbons (Fsp3) is 0.0714. The molecule has 0 spiro atoms. The van der Waals surface area contributed by atoms with Crippen molar-refractivity contribution in [3.8, 4) is 0 Å². The van der Waals surface area contributed by atoms with E-state index in [4.69, 9.17) is 0 Å². The average Bonchev–Trinajstić information content (AvgIpc) is 3.13. The van der Waals surface area contributed by atoms with Crippen LogP contribution >= 0.6 is 22.7 Å². The standard InChI is InChI=1S/C14H13N3O3S2/c1-9(18)16-17-13(20)11-6-8-22-14(11)15-12(19)5-4-10-3-2-7-21-10/h2-8H,1H3,(H,15,19)(H,16,18)(H,17,20). The Morgan fingerprint density at radius 1 is 1.09 bits per heavy atom. The molecule has 0 aliphatic carbocycles. The van der Waals surface area contributed by atoms with E-state index in [0.29, 0.717) is 5.00 Å². The normalized spacial score (nSPS) is 10.4. The van der Waals surface area contributed by atoms with Gasteiger partial charge in [-0.2, -0.15) is 0 Å². The van der Waals surface area contributed by atoms with Crippen molar-refractivity contribution < 1.29 is 14.4 Å². The predicted molar refractivity (Wildman–Crippen MR) is 87.6 cm³/mol. The Morgan fingerprint density at radius 2 is 1.91 bits per heavy atom. The molecule has 0 aromatic carbocycles. The van der Waals surface area contributed by atoms with E-state index < -0.39 is 5.91 Å². The summed E-state index contributed by atoms with van der Waals surface area (Å²) >= 11 is 2.75. The maximum absolute atomic E-state index is 11.9. The van der Waals surface area contributed by atoms with Crippen molar-refractivity contribution in [3.63, 3.8) is 0 Å². The molecule has 0 radical (unpaired) electrons. The zero-order valence-corrected chi connectivity index (χ0v) is 13.2. The largest absolute Gasteiger partial charge is 0.313 e. The number of hydrogen-bond donors (Lipinski definition) is 3. The summed E-state index contributed by atoms with van der Waals surface area (Å²) in [6.07, 6.45) is 3.10. The lowest BCUT2D eigenvalue weighted by molar-refractivity contribution is -0.119. The third kappa shape index (κ3) is 4.54. The van der Waals surface area contributed by atoms with Gasteiger partial charge in [0.25, 0.3) is 5.91 Å². The van der Waals surface area contributed by atoms with Crippen LogP contribution in [0.15, 0.2) is 35.0 Å². The third-order valence-electron chi connectivity index (χ3n) is 2.44. The van der Waals surface area contributed by atoms with Gasteiger partial charge >= 0.3 is 0 Å². The summed E-state index contributed by atoms with van der Waals surface area (Å²) in [7, 11) is 0. The molecule has 2 aromatic heterocycles. The molecule has 2 heterocycles. The van der Waals surface area contributed by atoms with Crippen LogP contribution in [0, 0.1) is 0 Å². The van der Waals surface area contributed by atoms with Crippen molar-refractivity contribution in [1.82, 2.24) is 10.9 Å². The van der Waals surface area contributed by atoms with Crippen LogP contribution in [0.2, 0.25) is 0 Å². The van der Waals surface area contributed by atoms with Crippen molar-refractivity contribution in [2.75, 3.05) is 5.32 Å². The van der Waals surface area contributed by atoms with Gasteiger partial charge in [0, 0.05) is 17.9 Å². The first-order valence-electron chi connectivity index (χ1n) is 6.23. The van der Waals surface area contributed by atoms with E-state index in [9.17, 15) is 14.4 Å². The molecule has 0 saturated heterocycles. The summed E-state index contributed by atoms with van der Waals surface area (Å²) in [6, 6.07) is 5.36. The minimum absolute atomic E-state index is 0.289. The molecule has 0 bridgehead atoms. The summed E-state index contributed by atoms with van der Waals surface area (Å²) < 4.78 is 0. The van der Waals surface area contributed by atoms with Crippen LogP contribution in [-0.4, -0.2) is 17.7 Å². The first-order valence-corrected chi connectivity index (χ1v) is 7.99. The van der Waals surface area contributed by atoms with E-state index in [1.807, 2.05) is 17.5 Å². The van der Waals surface area contributed by atoms with E-state index >= 15 is 0 Å². The molecule has 8 heteroatoms. The van der Waals surface area contributed by atoms with Gasteiger partial charge in [-0.25, -0.2) is 0 Å². The van der Waals surface area contributed by atoms with Gasteiger partial charge < -0.3 is 5.32 Å². The number of nitrogens with one attached hydrogen (secondary N) is 3. The van der Waals surface area contributed by atoms with E-state index in [-0.39, 0.29) is 17.4 Å². The molecule has 2 rings (SSSR count). The molecular formula is C14H13N3O3S2. The maximum Gasteiger partial charge on any atom is 0.272 e. The van der Waals surface area contributed by atoms with Crippen molar-refractivity contribution >= 4 is 51.5 Å². The highest BCUT2D eigenvalue weighted by atomic mass is 32.1. The molecule has 3 amide bonds. The SMILES string of the molecule is CC(=O)NNC(=O)c1ccsc1NC(=O)C=Cc1cccs1. The van der Waals surface area contributed by atoms with Gasteiger partial charge in [0.05, 0.1) is 5.56 Å². The maximum atomic E-state index is 11.9. The second kappa shape index (κ2) is 7.53. The van der Waals surface area contributed by atoms with Crippen molar-refractivity contribution in [2.45, 2.75) is 6.92 Å². The highest BCUT2D eigenvalue weighted by Crippen LogP contribution is 2.23. The highest BCUT2D eigenvalue weighted by Gasteiger charge is 2.14. The summed E-state index contributed by atoms with van der Waals surface area (Å²) in [5.41, 5.74) is 4.74. The van der Waals surface area contributed by atoms with Crippen LogP contribution in [0.1, 0.15) is 22.2 Å². The lowest BCUT2D eigenvalue weighted by Crippen LogP contribution is -2.40. The number of carbonyl (C=O) groups is 3. The topological polar surface area (TPSA) is 87.3 Å². The number of hydrazine groups is 1. The number of anilines is 1. The van der Waals surface area contributed by atoms with Crippen LogP contribution in [0.25, 0.3) is 6.08 Å². The highest BCUT2D eigenvalue weighted by molar-refractivity contribution is 7.14. The minimum Gasteiger partial charge on any atom is -0.313 e. The van der Waals surface area contributed by atoms with Crippen molar-refractivity contribution in [1.29, 1.82) is 0 Å². The molecule has 2 aromatic rings. The number of amides is 3. The fourth-order valence-corrected chi connectivity index (χ4v) is 2.90. The van der Waals surface area contributed by atoms with E-state index in [0.717, 1.165) is 4.88 Å². The molecule has 0 atom stereocenters. The van der Waals surface area contributed by atoms with E-state index in [2.05, 4.69) is 16.2 Å². The molecule has 3 N–H and O–H groups in total. The van der Waals surface area contributed by atoms with Crippen LogP contribution in [0.3, 0.4) is 0 Å². The zero-order chi connectivity index (χ0) is 15.9. The summed E-state index contributed by atoms with van der Waals surface area (Å²) in [4.78, 5) is 35.5. The quantitative estimate of drug-likeness (QED) is 0.591. The number of carbonyl (C=O) groups excluding carboxylic acids is 3. The first kappa shape index (κ1) is 15.9. The van der Waals surface area contributed by atoms with Crippen molar-refractivity contribution in [3.05, 3.63) is 45.5 Å². The predicted octanol–water partition coefficient (Wildman–Crippen LogP) is 2.24. The van der Waals surface area contributed by atoms with Crippen molar-refractivity contribution in [2.24, 2.45) is 0 Å². The molecule has 22 heavy (non-hydrogen) atoms. The smallest absolute Gasteiger partial charge is 0.272 e. The van der Waals surface area contributed by atoms with Gasteiger partial charge in [-0.05, 0) is 29.0 Å². The van der Waals surface area contributed by atoms with Crippen LogP contribution in [-0.2, 0) is 9.59 Å². The molecule has 114 valence electrons. The van der Waals surface area contributed by atoms with Gasteiger partial charge in [0.15, 0.2) is 0 Å². The van der Waals surface area contributed by atoms with Gasteiger partial charge in [-0.1, -0.05) is 6.07 Å². The molecule has 0 aliphatic rings. The van der Waals surface area contributed by atoms with Gasteiger partial charge in [-0.3, -0.25) is 25.2 Å². The Balaban J connectivity index is 1.98. The second-order valence-corrected chi connectivity index (χ2v) is 6.03. The summed E-state index contributed by atoms with van der Waals surface area (Å²) in [6.45, 7) is 1.28. The lowest BCUT2D eigenvalue weighted by Gasteiger charge is -2.06. The number of thiophene rings is 2. The molecule has 0 aliphatic heterocycles.